The Morgan fingerprint density at radius 1 is 1.08 bits per heavy atom. The Bertz CT molecular complexity index is 189. The second-order valence-corrected chi connectivity index (χ2v) is 5.17. The van der Waals surface area contributed by atoms with Gasteiger partial charge in [-0.1, -0.05) is 0 Å². The number of fused-ring (bicyclic) bond motifs is 1. The summed E-state index contributed by atoms with van der Waals surface area (Å²) < 4.78 is 0. The number of likely N-dealkylation sites (tertiary alicyclic amines) is 1. The molecule has 1 saturated carbocycles. The van der Waals surface area contributed by atoms with Crippen molar-refractivity contribution in [1.82, 2.24) is 10.2 Å². The van der Waals surface area contributed by atoms with Crippen molar-refractivity contribution < 1.29 is 0 Å². The molecule has 0 aromatic carbocycles. The minimum absolute atomic E-state index is 0.979. The lowest BCUT2D eigenvalue weighted by Gasteiger charge is -2.34. The summed E-state index contributed by atoms with van der Waals surface area (Å²) in [6, 6.07) is 0. The second-order valence-electron chi connectivity index (χ2n) is 5.17. The van der Waals surface area contributed by atoms with Gasteiger partial charge in [-0.15, -0.1) is 0 Å². The molecule has 2 aliphatic heterocycles. The van der Waals surface area contributed by atoms with Crippen molar-refractivity contribution >= 4 is 0 Å². The number of piperidine rings is 1. The highest BCUT2D eigenvalue weighted by Gasteiger charge is 2.34. The molecule has 2 nitrogen and oxygen atoms in total. The lowest BCUT2D eigenvalue weighted by Crippen LogP contribution is -2.40. The largest absolute Gasteiger partial charge is 0.316 e. The van der Waals surface area contributed by atoms with Crippen molar-refractivity contribution in [3.8, 4) is 0 Å². The van der Waals surface area contributed by atoms with Gasteiger partial charge in [0.1, 0.15) is 0 Å². The van der Waals surface area contributed by atoms with E-state index in [2.05, 4.69) is 10.2 Å². The van der Waals surface area contributed by atoms with Crippen molar-refractivity contribution in [3.63, 3.8) is 0 Å². The van der Waals surface area contributed by atoms with E-state index in [4.69, 9.17) is 0 Å². The molecule has 3 fully saturated rings. The predicted octanol–water partition coefficient (Wildman–Crippen LogP) is 0.938. The molecule has 1 N–H and O–H groups in total. The first kappa shape index (κ1) is 8.25. The molecule has 0 radical (unpaired) electrons. The van der Waals surface area contributed by atoms with Crippen LogP contribution in [0.15, 0.2) is 0 Å². The summed E-state index contributed by atoms with van der Waals surface area (Å²) >= 11 is 0. The summed E-state index contributed by atoms with van der Waals surface area (Å²) in [6.45, 7) is 6.74. The molecule has 0 unspecified atom stereocenters. The normalized spacial score (nSPS) is 40.6. The summed E-state index contributed by atoms with van der Waals surface area (Å²) in [4.78, 5) is 2.71. The van der Waals surface area contributed by atoms with Gasteiger partial charge in [-0.3, -0.25) is 0 Å². The van der Waals surface area contributed by atoms with Crippen LogP contribution in [0.1, 0.15) is 19.3 Å². The number of hydrogen-bond donors (Lipinski definition) is 1. The summed E-state index contributed by atoms with van der Waals surface area (Å²) in [5.74, 6) is 3.06. The molecule has 2 atom stereocenters. The topological polar surface area (TPSA) is 15.3 Å². The first-order chi connectivity index (χ1) is 6.42. The fraction of sp³-hybridized carbons (Fsp3) is 1.00. The minimum Gasteiger partial charge on any atom is -0.316 e. The number of nitrogens with zero attached hydrogens (tertiary/aromatic N) is 1. The highest BCUT2D eigenvalue weighted by Crippen LogP contribution is 2.33. The van der Waals surface area contributed by atoms with Gasteiger partial charge in [-0.25, -0.2) is 0 Å². The smallest absolute Gasteiger partial charge is 0.00251 e. The van der Waals surface area contributed by atoms with E-state index in [1.165, 1.54) is 52.0 Å². The molecule has 0 amide bonds. The predicted molar refractivity (Wildman–Crippen MR) is 53.6 cm³/mol. The monoisotopic (exact) mass is 180 g/mol. The Labute approximate surface area is 80.7 Å². The van der Waals surface area contributed by atoms with E-state index in [1.807, 2.05) is 0 Å². The van der Waals surface area contributed by atoms with Crippen LogP contribution in [0.4, 0.5) is 0 Å². The summed E-state index contributed by atoms with van der Waals surface area (Å²) in [7, 11) is 0. The Hall–Kier alpha value is -0.0800. The van der Waals surface area contributed by atoms with Gasteiger partial charge in [-0.05, 0) is 56.7 Å². The molecule has 74 valence electrons. The van der Waals surface area contributed by atoms with Gasteiger partial charge in [0.25, 0.3) is 0 Å². The van der Waals surface area contributed by atoms with Gasteiger partial charge in [0.15, 0.2) is 0 Å². The first-order valence-electron chi connectivity index (χ1n) is 5.85. The van der Waals surface area contributed by atoms with Gasteiger partial charge < -0.3 is 10.2 Å². The number of nitrogens with one attached hydrogen (secondary N) is 1. The number of hydrogen-bond acceptors (Lipinski definition) is 2. The van der Waals surface area contributed by atoms with E-state index < -0.39 is 0 Å². The lowest BCUT2D eigenvalue weighted by molar-refractivity contribution is 0.143. The highest BCUT2D eigenvalue weighted by atomic mass is 15.2. The van der Waals surface area contributed by atoms with Crippen LogP contribution in [-0.2, 0) is 0 Å². The van der Waals surface area contributed by atoms with Crippen LogP contribution in [0, 0.1) is 17.8 Å². The molecule has 2 heteroatoms. The van der Waals surface area contributed by atoms with Gasteiger partial charge in [0.05, 0.1) is 0 Å². The van der Waals surface area contributed by atoms with Crippen molar-refractivity contribution in [3.05, 3.63) is 0 Å². The van der Waals surface area contributed by atoms with Crippen LogP contribution >= 0.6 is 0 Å². The van der Waals surface area contributed by atoms with Crippen molar-refractivity contribution in [2.24, 2.45) is 17.8 Å². The zero-order valence-electron chi connectivity index (χ0n) is 8.34. The first-order valence-corrected chi connectivity index (χ1v) is 5.85. The average Bonchev–Trinajstić information content (AvgIpc) is 2.83. The van der Waals surface area contributed by atoms with E-state index in [-0.39, 0.29) is 0 Å². The Balaban J connectivity index is 1.54. The SMILES string of the molecule is C1CC1CN1CC[C@H]2CNC[C@@H]2C1. The van der Waals surface area contributed by atoms with Crippen LogP contribution in [-0.4, -0.2) is 37.6 Å². The Morgan fingerprint density at radius 3 is 2.77 bits per heavy atom. The van der Waals surface area contributed by atoms with Crippen LogP contribution in [0.25, 0.3) is 0 Å². The molecule has 2 saturated heterocycles. The van der Waals surface area contributed by atoms with Gasteiger partial charge >= 0.3 is 0 Å². The summed E-state index contributed by atoms with van der Waals surface area (Å²) in [5, 5.41) is 3.53. The fourth-order valence-electron chi connectivity index (χ4n) is 2.94. The maximum atomic E-state index is 3.53. The third kappa shape index (κ3) is 1.75. The molecular formula is C11H20N2. The molecule has 2 heterocycles. The molecule has 0 aromatic heterocycles. The van der Waals surface area contributed by atoms with Crippen LogP contribution in [0.5, 0.6) is 0 Å². The van der Waals surface area contributed by atoms with Crippen LogP contribution < -0.4 is 5.32 Å². The van der Waals surface area contributed by atoms with Crippen molar-refractivity contribution in [2.45, 2.75) is 19.3 Å². The maximum absolute atomic E-state index is 3.53. The Kier molecular flexibility index (Phi) is 2.06. The molecule has 1 aliphatic carbocycles. The van der Waals surface area contributed by atoms with E-state index in [0.29, 0.717) is 0 Å². The molecule has 0 spiro atoms. The third-order valence-electron chi connectivity index (χ3n) is 4.00. The van der Waals surface area contributed by atoms with Gasteiger partial charge in [0.2, 0.25) is 0 Å². The van der Waals surface area contributed by atoms with E-state index in [0.717, 1.165) is 17.8 Å². The third-order valence-corrected chi connectivity index (χ3v) is 4.00. The zero-order valence-corrected chi connectivity index (χ0v) is 8.34. The fourth-order valence-corrected chi connectivity index (χ4v) is 2.94. The quantitative estimate of drug-likeness (QED) is 0.680. The Morgan fingerprint density at radius 2 is 1.92 bits per heavy atom. The molecule has 3 rings (SSSR count). The van der Waals surface area contributed by atoms with Crippen LogP contribution in [0.3, 0.4) is 0 Å². The van der Waals surface area contributed by atoms with Gasteiger partial charge in [0, 0.05) is 13.1 Å². The summed E-state index contributed by atoms with van der Waals surface area (Å²) in [6.07, 6.45) is 4.45. The molecule has 13 heavy (non-hydrogen) atoms. The minimum atomic E-state index is 0.979. The number of rotatable bonds is 2. The average molecular weight is 180 g/mol. The van der Waals surface area contributed by atoms with Crippen LogP contribution in [0.2, 0.25) is 0 Å². The van der Waals surface area contributed by atoms with E-state index in [1.54, 1.807) is 0 Å². The highest BCUT2D eigenvalue weighted by molar-refractivity contribution is 4.89. The van der Waals surface area contributed by atoms with Gasteiger partial charge in [-0.2, -0.15) is 0 Å². The lowest BCUT2D eigenvalue weighted by atomic mass is 9.88. The zero-order chi connectivity index (χ0) is 8.67. The van der Waals surface area contributed by atoms with E-state index >= 15 is 0 Å². The van der Waals surface area contributed by atoms with E-state index in [9.17, 15) is 0 Å². The standard InChI is InChI=1S/C11H20N2/c1-2-9(1)7-13-4-3-10-5-12-6-11(10)8-13/h9-12H,1-8H2/t10-,11+/m0/s1. The second kappa shape index (κ2) is 3.25. The molecule has 3 aliphatic rings. The maximum Gasteiger partial charge on any atom is 0.00251 e. The summed E-state index contributed by atoms with van der Waals surface area (Å²) in [5.41, 5.74) is 0. The molecule has 0 aromatic rings. The molecule has 0 bridgehead atoms. The molecular weight excluding hydrogens is 160 g/mol. The van der Waals surface area contributed by atoms with Crippen molar-refractivity contribution in [2.75, 3.05) is 32.7 Å². The van der Waals surface area contributed by atoms with Crippen molar-refractivity contribution in [1.29, 1.82) is 0 Å².